The molecule has 2 aromatic heterocycles. The lowest BCUT2D eigenvalue weighted by atomic mass is 10.0. The van der Waals surface area contributed by atoms with Gasteiger partial charge in [0.1, 0.15) is 29.3 Å². The summed E-state index contributed by atoms with van der Waals surface area (Å²) in [6, 6.07) is 7.84. The maximum absolute atomic E-state index is 13.1. The van der Waals surface area contributed by atoms with Gasteiger partial charge in [-0.2, -0.15) is 0 Å². The van der Waals surface area contributed by atoms with Crippen LogP contribution in [0.4, 0.5) is 17.2 Å². The second-order valence-corrected chi connectivity index (χ2v) is 19.0. The highest BCUT2D eigenvalue weighted by Gasteiger charge is 2.24. The van der Waals surface area contributed by atoms with Crippen LogP contribution in [0.25, 0.3) is 21.9 Å². The highest BCUT2D eigenvalue weighted by molar-refractivity contribution is 6.06. The molecule has 2 aromatic carbocycles. The molecule has 4 N–H and O–H groups in total. The van der Waals surface area contributed by atoms with E-state index in [4.69, 9.17) is 20.2 Å². The number of pyridine rings is 1. The highest BCUT2D eigenvalue weighted by Crippen LogP contribution is 2.29. The Morgan fingerprint density at radius 1 is 0.612 bits per heavy atom. The van der Waals surface area contributed by atoms with Crippen molar-refractivity contribution in [2.24, 2.45) is 0 Å². The topological polar surface area (TPSA) is 168 Å². The predicted octanol–water partition coefficient (Wildman–Crippen LogP) is 13.0. The third kappa shape index (κ3) is 20.0. The number of fused-ring (bicyclic) bond motifs is 3. The molecule has 0 unspecified atom stereocenters. The standard InChI is InChI=1S/C55H88N6O6/c1-4-7-10-12-14-16-18-20-22-24-26-28-30-37-47(62)66-42-43(67-48(63)38-31-29-27-25-23-21-19-17-15-13-11-8-5-2)41-58-50-49(53(64)54(50)65)57-39-40-61-46(36-9-6-3)60-51-52(61)44-34-32-33-35-45(44)59-55(51)56/h32-35,43,57-58H,4-31,36-42H2,1-3H3,(H2,56,59)/t43-/m0/s1. The summed E-state index contributed by atoms with van der Waals surface area (Å²) < 4.78 is 13.6. The summed E-state index contributed by atoms with van der Waals surface area (Å²) in [5.74, 6) is 0.573. The number of unbranched alkanes of at least 4 members (excludes halogenated alkanes) is 25. The molecular formula is C55H88N6O6. The zero-order valence-corrected chi connectivity index (χ0v) is 42.0. The van der Waals surface area contributed by atoms with Crippen LogP contribution in [0.2, 0.25) is 0 Å². The normalized spacial score (nSPS) is 12.0. The first-order valence-corrected chi connectivity index (χ1v) is 27.0. The molecule has 0 amide bonds. The Kier molecular flexibility index (Phi) is 27.2. The zero-order chi connectivity index (χ0) is 47.9. The lowest BCUT2D eigenvalue weighted by Gasteiger charge is -2.21. The number of esters is 2. The van der Waals surface area contributed by atoms with Gasteiger partial charge in [0.25, 0.3) is 10.9 Å². The smallest absolute Gasteiger partial charge is 0.306 e. The number of nitrogens with zero attached hydrogens (tertiary/aromatic N) is 3. The van der Waals surface area contributed by atoms with Crippen LogP contribution in [-0.4, -0.2) is 52.3 Å². The fourth-order valence-electron chi connectivity index (χ4n) is 9.12. The molecule has 12 heteroatoms. The van der Waals surface area contributed by atoms with Crippen molar-refractivity contribution < 1.29 is 19.1 Å². The molecule has 4 aromatic rings. The van der Waals surface area contributed by atoms with E-state index in [0.29, 0.717) is 30.8 Å². The Balaban J connectivity index is 1.26. The van der Waals surface area contributed by atoms with Crippen LogP contribution in [0.1, 0.15) is 219 Å². The summed E-state index contributed by atoms with van der Waals surface area (Å²) in [6.45, 7) is 7.34. The first-order valence-electron chi connectivity index (χ1n) is 27.0. The van der Waals surface area contributed by atoms with E-state index in [-0.39, 0.29) is 42.9 Å². The number of carbonyl (C=O) groups is 2. The number of nitrogens with two attached hydrogens (primary N) is 1. The Hall–Kier alpha value is -4.48. The van der Waals surface area contributed by atoms with E-state index in [1.54, 1.807) is 0 Å². The molecule has 0 fully saturated rings. The van der Waals surface area contributed by atoms with Crippen molar-refractivity contribution >= 4 is 51.1 Å². The summed E-state index contributed by atoms with van der Waals surface area (Å²) in [5.41, 5.74) is 7.80. The molecule has 0 radical (unpaired) electrons. The number of anilines is 3. The lowest BCUT2D eigenvalue weighted by Crippen LogP contribution is -2.40. The van der Waals surface area contributed by atoms with Crippen molar-refractivity contribution in [3.8, 4) is 0 Å². The summed E-state index contributed by atoms with van der Waals surface area (Å²) in [5, 5.41) is 7.21. The molecule has 67 heavy (non-hydrogen) atoms. The number of ether oxygens (including phenoxy) is 2. The van der Waals surface area contributed by atoms with Crippen molar-refractivity contribution in [1.82, 2.24) is 14.5 Å². The predicted molar refractivity (Wildman–Crippen MR) is 278 cm³/mol. The van der Waals surface area contributed by atoms with Gasteiger partial charge in [-0.25, -0.2) is 9.97 Å². The van der Waals surface area contributed by atoms with Crippen molar-refractivity contribution in [3.63, 3.8) is 0 Å². The number of benzene rings is 1. The Morgan fingerprint density at radius 3 is 1.63 bits per heavy atom. The maximum atomic E-state index is 13.1. The number of hydrogen-bond donors (Lipinski definition) is 3. The first-order chi connectivity index (χ1) is 32.8. The molecule has 12 nitrogen and oxygen atoms in total. The van der Waals surface area contributed by atoms with Crippen molar-refractivity contribution in [1.29, 1.82) is 0 Å². The summed E-state index contributed by atoms with van der Waals surface area (Å²) in [6.07, 6.45) is 34.2. The number of aromatic nitrogens is 3. The SMILES string of the molecule is CCCCCCCCCCCCCCCC(=O)OC[C@H](CNc1c(NCCn2c(CCCC)nc3c(N)nc4ccccc4c32)c(=O)c1=O)OC(=O)CCCCCCCCCCCCCCC. The fourth-order valence-corrected chi connectivity index (χ4v) is 9.12. The summed E-state index contributed by atoms with van der Waals surface area (Å²) in [4.78, 5) is 61.3. The molecule has 0 bridgehead atoms. The summed E-state index contributed by atoms with van der Waals surface area (Å²) >= 11 is 0. The van der Waals surface area contributed by atoms with Crippen LogP contribution in [0.15, 0.2) is 33.9 Å². The van der Waals surface area contributed by atoms with Gasteiger partial charge < -0.3 is 30.4 Å². The monoisotopic (exact) mass is 929 g/mol. The first kappa shape index (κ1) is 55.1. The Labute approximate surface area is 402 Å². The molecule has 4 rings (SSSR count). The minimum atomic E-state index is -0.826. The van der Waals surface area contributed by atoms with E-state index in [0.717, 1.165) is 80.0 Å². The van der Waals surface area contributed by atoms with Crippen molar-refractivity contribution in [2.75, 3.05) is 36.1 Å². The third-order valence-electron chi connectivity index (χ3n) is 13.2. The van der Waals surface area contributed by atoms with Crippen molar-refractivity contribution in [3.05, 3.63) is 50.5 Å². The van der Waals surface area contributed by atoms with E-state index in [1.165, 1.54) is 128 Å². The van der Waals surface area contributed by atoms with Crippen LogP contribution in [0.3, 0.4) is 0 Å². The molecule has 0 aliphatic heterocycles. The number of nitrogen functional groups attached to an aromatic ring is 1. The number of carbonyl (C=O) groups excluding carboxylic acids is 2. The van der Waals surface area contributed by atoms with Crippen LogP contribution >= 0.6 is 0 Å². The molecule has 0 spiro atoms. The third-order valence-corrected chi connectivity index (χ3v) is 13.2. The highest BCUT2D eigenvalue weighted by atomic mass is 16.6. The van der Waals surface area contributed by atoms with Gasteiger partial charge in [0.2, 0.25) is 0 Å². The molecule has 1 atom stereocenters. The van der Waals surface area contributed by atoms with E-state index in [2.05, 4.69) is 41.0 Å². The average molecular weight is 929 g/mol. The van der Waals surface area contributed by atoms with Gasteiger partial charge in [-0.1, -0.05) is 199 Å². The van der Waals surface area contributed by atoms with Gasteiger partial charge in [-0.05, 0) is 25.3 Å². The van der Waals surface area contributed by atoms with Gasteiger partial charge in [0, 0.05) is 37.7 Å². The van der Waals surface area contributed by atoms with Crippen LogP contribution in [0, 0.1) is 0 Å². The van der Waals surface area contributed by atoms with Gasteiger partial charge in [-0.3, -0.25) is 19.2 Å². The van der Waals surface area contributed by atoms with Crippen LogP contribution in [0.5, 0.6) is 0 Å². The Bertz CT molecular complexity index is 2070. The zero-order valence-electron chi connectivity index (χ0n) is 42.0. The maximum Gasteiger partial charge on any atom is 0.306 e. The van der Waals surface area contributed by atoms with Gasteiger partial charge in [0.05, 0.1) is 17.6 Å². The van der Waals surface area contributed by atoms with E-state index in [1.807, 2.05) is 24.3 Å². The number of aryl methyl sites for hydroxylation is 1. The molecule has 0 saturated heterocycles. The van der Waals surface area contributed by atoms with Gasteiger partial charge >= 0.3 is 11.9 Å². The average Bonchev–Trinajstić information content (AvgIpc) is 3.70. The van der Waals surface area contributed by atoms with E-state index >= 15 is 0 Å². The number of para-hydroxylation sites is 1. The van der Waals surface area contributed by atoms with Gasteiger partial charge in [0.15, 0.2) is 11.9 Å². The molecular weight excluding hydrogens is 841 g/mol. The molecule has 0 aliphatic carbocycles. The molecule has 2 heterocycles. The second-order valence-electron chi connectivity index (χ2n) is 19.0. The number of hydrogen-bond acceptors (Lipinski definition) is 11. The molecule has 0 saturated carbocycles. The van der Waals surface area contributed by atoms with E-state index in [9.17, 15) is 19.2 Å². The summed E-state index contributed by atoms with van der Waals surface area (Å²) in [7, 11) is 0. The largest absolute Gasteiger partial charge is 0.462 e. The quantitative estimate of drug-likeness (QED) is 0.0220. The fraction of sp³-hybridized carbons (Fsp3) is 0.709. The van der Waals surface area contributed by atoms with Crippen LogP contribution < -0.4 is 27.2 Å². The minimum absolute atomic E-state index is 0.0154. The molecule has 0 aliphatic rings. The molecule has 374 valence electrons. The number of rotatable bonds is 41. The number of nitrogens with one attached hydrogen (secondary N) is 2. The second kappa shape index (κ2) is 33.1. The number of imidazole rings is 1. The minimum Gasteiger partial charge on any atom is -0.462 e. The van der Waals surface area contributed by atoms with E-state index < -0.39 is 17.0 Å². The van der Waals surface area contributed by atoms with Gasteiger partial charge in [-0.15, -0.1) is 0 Å². The van der Waals surface area contributed by atoms with Crippen molar-refractivity contribution in [2.45, 2.75) is 232 Å². The van der Waals surface area contributed by atoms with Crippen LogP contribution in [-0.2, 0) is 32.0 Å². The lowest BCUT2D eigenvalue weighted by molar-refractivity contribution is -0.158. The Morgan fingerprint density at radius 2 is 1.09 bits per heavy atom.